The van der Waals surface area contributed by atoms with E-state index in [2.05, 4.69) is 5.32 Å². The van der Waals surface area contributed by atoms with Crippen molar-refractivity contribution in [1.82, 2.24) is 10.2 Å². The van der Waals surface area contributed by atoms with Crippen LogP contribution in [0.3, 0.4) is 0 Å². The van der Waals surface area contributed by atoms with E-state index in [9.17, 15) is 18.0 Å². The standard InChI is InChI=1S/C26H37N3O4S/c1-6-16-27-26(31)23(7-2)28(17-15-22-11-9-8-10-12-22)25(30)19-29(34(5,32)33)24-14-13-20(3)18-21(24)4/h8-14,18,23H,6-7,15-17,19H2,1-5H3,(H,27,31). The first-order valence-electron chi connectivity index (χ1n) is 11.7. The highest BCUT2D eigenvalue weighted by molar-refractivity contribution is 7.92. The van der Waals surface area contributed by atoms with Gasteiger partial charge in [0.1, 0.15) is 12.6 Å². The Morgan fingerprint density at radius 1 is 1.03 bits per heavy atom. The monoisotopic (exact) mass is 487 g/mol. The van der Waals surface area contributed by atoms with Crippen LogP contribution in [0.4, 0.5) is 5.69 Å². The van der Waals surface area contributed by atoms with Crippen LogP contribution in [-0.4, -0.2) is 57.1 Å². The number of benzene rings is 2. The molecule has 0 aliphatic rings. The van der Waals surface area contributed by atoms with Crippen molar-refractivity contribution in [3.8, 4) is 0 Å². The summed E-state index contributed by atoms with van der Waals surface area (Å²) in [6.07, 6.45) is 2.87. The number of carbonyl (C=O) groups excluding carboxylic acids is 2. The summed E-state index contributed by atoms with van der Waals surface area (Å²) < 4.78 is 26.5. The van der Waals surface area contributed by atoms with Crippen LogP contribution < -0.4 is 9.62 Å². The summed E-state index contributed by atoms with van der Waals surface area (Å²) in [4.78, 5) is 28.0. The van der Waals surface area contributed by atoms with Gasteiger partial charge in [-0.1, -0.05) is 61.9 Å². The molecule has 1 unspecified atom stereocenters. The van der Waals surface area contributed by atoms with E-state index < -0.39 is 22.0 Å². The second kappa shape index (κ2) is 12.6. The van der Waals surface area contributed by atoms with Gasteiger partial charge in [-0.05, 0) is 50.3 Å². The van der Waals surface area contributed by atoms with E-state index in [1.807, 2.05) is 70.2 Å². The largest absolute Gasteiger partial charge is 0.354 e. The molecule has 2 aromatic rings. The maximum absolute atomic E-state index is 13.6. The molecule has 1 N–H and O–H groups in total. The van der Waals surface area contributed by atoms with E-state index in [-0.39, 0.29) is 12.5 Å². The number of hydrogen-bond donors (Lipinski definition) is 1. The highest BCUT2D eigenvalue weighted by Gasteiger charge is 2.31. The third-order valence-corrected chi connectivity index (χ3v) is 6.85. The molecule has 34 heavy (non-hydrogen) atoms. The average Bonchev–Trinajstić information content (AvgIpc) is 2.79. The maximum Gasteiger partial charge on any atom is 0.244 e. The van der Waals surface area contributed by atoms with Crippen molar-refractivity contribution in [3.05, 3.63) is 65.2 Å². The number of nitrogens with one attached hydrogen (secondary N) is 1. The summed E-state index contributed by atoms with van der Waals surface area (Å²) in [5.74, 6) is -0.622. The van der Waals surface area contributed by atoms with Gasteiger partial charge in [0.15, 0.2) is 0 Å². The molecule has 0 saturated carbocycles. The predicted octanol–water partition coefficient (Wildman–Crippen LogP) is 3.45. The SMILES string of the molecule is CCCNC(=O)C(CC)N(CCc1ccccc1)C(=O)CN(c1ccc(C)cc1C)S(C)(=O)=O. The van der Waals surface area contributed by atoms with Crippen molar-refractivity contribution in [3.63, 3.8) is 0 Å². The van der Waals surface area contributed by atoms with Crippen molar-refractivity contribution < 1.29 is 18.0 Å². The number of aryl methyl sites for hydroxylation is 2. The Morgan fingerprint density at radius 3 is 2.26 bits per heavy atom. The van der Waals surface area contributed by atoms with Gasteiger partial charge in [0.05, 0.1) is 11.9 Å². The molecular formula is C26H37N3O4S. The quantitative estimate of drug-likeness (QED) is 0.497. The third kappa shape index (κ3) is 7.58. The molecule has 2 rings (SSSR count). The fraction of sp³-hybridized carbons (Fsp3) is 0.462. The van der Waals surface area contributed by atoms with Crippen molar-refractivity contribution in [1.29, 1.82) is 0 Å². The van der Waals surface area contributed by atoms with Crippen LogP contribution in [0.25, 0.3) is 0 Å². The van der Waals surface area contributed by atoms with E-state index in [1.165, 1.54) is 4.90 Å². The zero-order valence-electron chi connectivity index (χ0n) is 20.9. The molecule has 2 aromatic carbocycles. The van der Waals surface area contributed by atoms with Crippen LogP contribution in [-0.2, 0) is 26.0 Å². The molecule has 0 bridgehead atoms. The summed E-state index contributed by atoms with van der Waals surface area (Å²) in [6, 6.07) is 14.5. The zero-order chi connectivity index (χ0) is 25.3. The Hall–Kier alpha value is -2.87. The lowest BCUT2D eigenvalue weighted by Gasteiger charge is -2.33. The van der Waals surface area contributed by atoms with Crippen LogP contribution in [0.1, 0.15) is 43.4 Å². The Labute approximate surface area is 204 Å². The molecule has 0 aliphatic carbocycles. The van der Waals surface area contributed by atoms with Crippen molar-refractivity contribution in [2.24, 2.45) is 0 Å². The number of rotatable bonds is 12. The van der Waals surface area contributed by atoms with Gasteiger partial charge in [-0.15, -0.1) is 0 Å². The number of anilines is 1. The van der Waals surface area contributed by atoms with Gasteiger partial charge < -0.3 is 10.2 Å². The summed E-state index contributed by atoms with van der Waals surface area (Å²) in [5, 5.41) is 2.88. The van der Waals surface area contributed by atoms with E-state index >= 15 is 0 Å². The molecule has 0 aliphatic heterocycles. The topological polar surface area (TPSA) is 86.8 Å². The average molecular weight is 488 g/mol. The Balaban J connectivity index is 2.37. The summed E-state index contributed by atoms with van der Waals surface area (Å²) >= 11 is 0. The Bertz CT molecular complexity index is 1070. The highest BCUT2D eigenvalue weighted by Crippen LogP contribution is 2.24. The molecule has 0 radical (unpaired) electrons. The second-order valence-corrected chi connectivity index (χ2v) is 10.5. The molecule has 0 fully saturated rings. The first-order valence-corrected chi connectivity index (χ1v) is 13.6. The van der Waals surface area contributed by atoms with Crippen LogP contribution in [0.2, 0.25) is 0 Å². The predicted molar refractivity (Wildman–Crippen MR) is 137 cm³/mol. The smallest absolute Gasteiger partial charge is 0.244 e. The molecule has 1 atom stereocenters. The number of sulfonamides is 1. The first-order chi connectivity index (χ1) is 16.1. The highest BCUT2D eigenvalue weighted by atomic mass is 32.2. The van der Waals surface area contributed by atoms with Gasteiger partial charge in [-0.3, -0.25) is 13.9 Å². The van der Waals surface area contributed by atoms with Gasteiger partial charge in [-0.25, -0.2) is 8.42 Å². The molecule has 186 valence electrons. The number of carbonyl (C=O) groups is 2. The fourth-order valence-corrected chi connectivity index (χ4v) is 4.85. The molecule has 7 nitrogen and oxygen atoms in total. The van der Waals surface area contributed by atoms with Gasteiger partial charge in [0.25, 0.3) is 0 Å². The van der Waals surface area contributed by atoms with Crippen LogP contribution >= 0.6 is 0 Å². The molecular weight excluding hydrogens is 450 g/mol. The van der Waals surface area contributed by atoms with E-state index in [1.54, 1.807) is 6.07 Å². The van der Waals surface area contributed by atoms with Crippen LogP contribution in [0.5, 0.6) is 0 Å². The van der Waals surface area contributed by atoms with Crippen molar-refractivity contribution in [2.45, 2.75) is 53.0 Å². The van der Waals surface area contributed by atoms with Crippen molar-refractivity contribution >= 4 is 27.5 Å². The summed E-state index contributed by atoms with van der Waals surface area (Å²) in [5.41, 5.74) is 3.28. The second-order valence-electron chi connectivity index (χ2n) is 8.60. The zero-order valence-corrected chi connectivity index (χ0v) is 21.7. The van der Waals surface area contributed by atoms with Gasteiger partial charge in [0.2, 0.25) is 21.8 Å². The molecule has 2 amide bonds. The van der Waals surface area contributed by atoms with Gasteiger partial charge in [-0.2, -0.15) is 0 Å². The first kappa shape index (κ1) is 27.4. The molecule has 0 saturated heterocycles. The van der Waals surface area contributed by atoms with Gasteiger partial charge in [0, 0.05) is 13.1 Å². The minimum Gasteiger partial charge on any atom is -0.354 e. The van der Waals surface area contributed by atoms with E-state index in [0.29, 0.717) is 31.6 Å². The van der Waals surface area contributed by atoms with Crippen LogP contribution in [0.15, 0.2) is 48.5 Å². The lowest BCUT2D eigenvalue weighted by Crippen LogP contribution is -2.53. The van der Waals surface area contributed by atoms with Gasteiger partial charge >= 0.3 is 0 Å². The summed E-state index contributed by atoms with van der Waals surface area (Å²) in [6.45, 7) is 8.05. The van der Waals surface area contributed by atoms with E-state index in [0.717, 1.165) is 33.7 Å². The van der Waals surface area contributed by atoms with E-state index in [4.69, 9.17) is 0 Å². The number of amides is 2. The normalized spacial score (nSPS) is 12.1. The summed E-state index contributed by atoms with van der Waals surface area (Å²) in [7, 11) is -3.73. The molecule has 0 spiro atoms. The fourth-order valence-electron chi connectivity index (χ4n) is 3.94. The minimum absolute atomic E-state index is 0.219. The molecule has 8 heteroatoms. The lowest BCUT2D eigenvalue weighted by atomic mass is 10.1. The third-order valence-electron chi connectivity index (χ3n) is 5.72. The maximum atomic E-state index is 13.6. The van der Waals surface area contributed by atoms with Crippen LogP contribution in [0, 0.1) is 13.8 Å². The number of hydrogen-bond acceptors (Lipinski definition) is 4. The Kier molecular flexibility index (Phi) is 10.1. The number of nitrogens with zero attached hydrogens (tertiary/aromatic N) is 2. The molecule has 0 heterocycles. The Morgan fingerprint density at radius 2 is 1.71 bits per heavy atom. The van der Waals surface area contributed by atoms with Crippen molar-refractivity contribution in [2.75, 3.05) is 30.2 Å². The minimum atomic E-state index is -3.73. The lowest BCUT2D eigenvalue weighted by molar-refractivity contribution is -0.139. The molecule has 0 aromatic heterocycles.